The van der Waals surface area contributed by atoms with Crippen LogP contribution in [0.1, 0.15) is 31.7 Å². The van der Waals surface area contributed by atoms with Crippen LogP contribution < -0.4 is 20.5 Å². The number of benzene rings is 1. The number of nitrogens with one attached hydrogen (secondary N) is 1. The van der Waals surface area contributed by atoms with Crippen molar-refractivity contribution in [3.63, 3.8) is 0 Å². The van der Waals surface area contributed by atoms with E-state index >= 15 is 0 Å². The summed E-state index contributed by atoms with van der Waals surface area (Å²) in [6, 6.07) is 8.08. The van der Waals surface area contributed by atoms with Gasteiger partial charge in [-0.05, 0) is 37.0 Å². The molecule has 0 aliphatic rings. The summed E-state index contributed by atoms with van der Waals surface area (Å²) in [4.78, 5) is 8.23. The van der Waals surface area contributed by atoms with Gasteiger partial charge in [-0.1, -0.05) is 25.5 Å². The Morgan fingerprint density at radius 2 is 2.12 bits per heavy atom. The summed E-state index contributed by atoms with van der Waals surface area (Å²) >= 11 is 0. The Morgan fingerprint density at radius 1 is 1.25 bits per heavy atom. The zero-order chi connectivity index (χ0) is 17.2. The van der Waals surface area contributed by atoms with Gasteiger partial charge in [0.25, 0.3) is 0 Å². The Labute approximate surface area is 143 Å². The number of hydrogen-bond donors (Lipinski definition) is 2. The molecule has 0 aliphatic carbocycles. The van der Waals surface area contributed by atoms with Gasteiger partial charge in [-0.15, -0.1) is 0 Å². The Bertz CT molecular complexity index is 634. The number of nitrogen functional groups attached to an aromatic ring is 1. The van der Waals surface area contributed by atoms with Crippen LogP contribution in [0.4, 0.5) is 11.8 Å². The van der Waals surface area contributed by atoms with Crippen LogP contribution in [-0.2, 0) is 6.42 Å². The first kappa shape index (κ1) is 17.8. The van der Waals surface area contributed by atoms with Gasteiger partial charge in [0.2, 0.25) is 5.95 Å². The highest BCUT2D eigenvalue weighted by Gasteiger charge is 2.07. The molecular formula is C18H26N4O2. The third-order valence-electron chi connectivity index (χ3n) is 3.60. The lowest BCUT2D eigenvalue weighted by Crippen LogP contribution is -2.09. The molecule has 3 N–H and O–H groups in total. The Hall–Kier alpha value is -2.50. The highest BCUT2D eigenvalue weighted by molar-refractivity contribution is 5.51. The van der Waals surface area contributed by atoms with Crippen molar-refractivity contribution < 1.29 is 9.47 Å². The van der Waals surface area contributed by atoms with Crippen molar-refractivity contribution in [2.75, 3.05) is 31.3 Å². The van der Waals surface area contributed by atoms with Crippen molar-refractivity contribution in [1.82, 2.24) is 9.97 Å². The van der Waals surface area contributed by atoms with E-state index in [9.17, 15) is 0 Å². The zero-order valence-electron chi connectivity index (χ0n) is 14.4. The van der Waals surface area contributed by atoms with Crippen LogP contribution in [0.25, 0.3) is 0 Å². The lowest BCUT2D eigenvalue weighted by molar-refractivity contribution is 0.310. The summed E-state index contributed by atoms with van der Waals surface area (Å²) in [6.07, 6.45) is 5.63. The fourth-order valence-electron chi connectivity index (χ4n) is 2.29. The van der Waals surface area contributed by atoms with Gasteiger partial charge in [0.15, 0.2) is 11.6 Å². The molecular weight excluding hydrogens is 304 g/mol. The van der Waals surface area contributed by atoms with E-state index < -0.39 is 0 Å². The fourth-order valence-corrected chi connectivity index (χ4v) is 2.29. The van der Waals surface area contributed by atoms with Gasteiger partial charge in [0, 0.05) is 6.54 Å². The lowest BCUT2D eigenvalue weighted by Gasteiger charge is -2.12. The van der Waals surface area contributed by atoms with Crippen molar-refractivity contribution >= 4 is 11.8 Å². The van der Waals surface area contributed by atoms with Gasteiger partial charge in [-0.3, -0.25) is 0 Å². The molecule has 1 heterocycles. The van der Waals surface area contributed by atoms with Crippen LogP contribution in [-0.4, -0.2) is 30.2 Å². The molecule has 0 unspecified atom stereocenters. The van der Waals surface area contributed by atoms with E-state index in [0.717, 1.165) is 38.0 Å². The minimum Gasteiger partial charge on any atom is -0.497 e. The summed E-state index contributed by atoms with van der Waals surface area (Å²) in [5.74, 6) is 2.43. The predicted molar refractivity (Wildman–Crippen MR) is 96.7 cm³/mol. The molecule has 0 bridgehead atoms. The number of anilines is 2. The van der Waals surface area contributed by atoms with Gasteiger partial charge < -0.3 is 20.5 Å². The molecule has 24 heavy (non-hydrogen) atoms. The number of aromatic nitrogens is 2. The maximum absolute atomic E-state index is 5.83. The third-order valence-corrected chi connectivity index (χ3v) is 3.60. The maximum Gasteiger partial charge on any atom is 0.222 e. The standard InChI is InChI=1S/C18H26N4O2/c1-3-4-10-20-17-16(13-21-18(19)22-17)24-11-6-8-14-7-5-9-15(12-14)23-2/h5,7,9,12-13H,3-4,6,8,10-11H2,1-2H3,(H3,19,20,21,22). The fraction of sp³-hybridized carbons (Fsp3) is 0.444. The first-order valence-corrected chi connectivity index (χ1v) is 8.35. The minimum atomic E-state index is 0.248. The van der Waals surface area contributed by atoms with E-state index in [4.69, 9.17) is 15.2 Å². The van der Waals surface area contributed by atoms with Gasteiger partial charge in [0.05, 0.1) is 19.9 Å². The summed E-state index contributed by atoms with van der Waals surface area (Å²) < 4.78 is 11.1. The molecule has 6 heteroatoms. The number of nitrogens with two attached hydrogens (primary N) is 1. The Kier molecular flexibility index (Phi) is 7.14. The predicted octanol–water partition coefficient (Wildman–Crippen LogP) is 3.29. The molecule has 2 aromatic rings. The van der Waals surface area contributed by atoms with Crippen molar-refractivity contribution in [2.24, 2.45) is 0 Å². The monoisotopic (exact) mass is 330 g/mol. The van der Waals surface area contributed by atoms with E-state index in [0.29, 0.717) is 18.2 Å². The Balaban J connectivity index is 1.84. The van der Waals surface area contributed by atoms with Gasteiger partial charge in [-0.2, -0.15) is 4.98 Å². The largest absolute Gasteiger partial charge is 0.497 e. The SMILES string of the molecule is CCCCNc1nc(N)ncc1OCCCc1cccc(OC)c1. The number of unbranched alkanes of at least 4 members (excludes halogenated alkanes) is 1. The second-order valence-electron chi connectivity index (χ2n) is 5.52. The summed E-state index contributed by atoms with van der Waals surface area (Å²) in [5, 5.41) is 3.26. The topological polar surface area (TPSA) is 82.3 Å². The molecule has 0 amide bonds. The number of ether oxygens (including phenoxy) is 2. The van der Waals surface area contributed by atoms with Crippen LogP contribution in [0.15, 0.2) is 30.5 Å². The smallest absolute Gasteiger partial charge is 0.222 e. The Morgan fingerprint density at radius 3 is 2.92 bits per heavy atom. The average Bonchev–Trinajstić information content (AvgIpc) is 2.60. The van der Waals surface area contributed by atoms with Crippen molar-refractivity contribution in [3.8, 4) is 11.5 Å². The van der Waals surface area contributed by atoms with Crippen LogP contribution in [0.3, 0.4) is 0 Å². The van der Waals surface area contributed by atoms with Crippen molar-refractivity contribution in [2.45, 2.75) is 32.6 Å². The number of aryl methyl sites for hydroxylation is 1. The molecule has 0 fully saturated rings. The summed E-state index contributed by atoms with van der Waals surface area (Å²) in [7, 11) is 1.68. The van der Waals surface area contributed by atoms with E-state index in [2.05, 4.69) is 28.3 Å². The normalized spacial score (nSPS) is 10.4. The second kappa shape index (κ2) is 9.60. The number of rotatable bonds is 10. The molecule has 0 atom stereocenters. The molecule has 0 radical (unpaired) electrons. The highest BCUT2D eigenvalue weighted by atomic mass is 16.5. The van der Waals surface area contributed by atoms with Gasteiger partial charge in [0.1, 0.15) is 5.75 Å². The van der Waals surface area contributed by atoms with Crippen LogP contribution in [0.5, 0.6) is 11.5 Å². The van der Waals surface area contributed by atoms with E-state index in [1.165, 1.54) is 5.56 Å². The molecule has 0 spiro atoms. The maximum atomic E-state index is 5.83. The van der Waals surface area contributed by atoms with Crippen molar-refractivity contribution in [3.05, 3.63) is 36.0 Å². The quantitative estimate of drug-likeness (QED) is 0.651. The number of nitrogens with zero attached hydrogens (tertiary/aromatic N) is 2. The van der Waals surface area contributed by atoms with Crippen LogP contribution >= 0.6 is 0 Å². The third kappa shape index (κ3) is 5.61. The molecule has 1 aromatic carbocycles. The molecule has 0 aliphatic heterocycles. The first-order chi connectivity index (χ1) is 11.7. The molecule has 0 saturated carbocycles. The highest BCUT2D eigenvalue weighted by Crippen LogP contribution is 2.22. The number of hydrogen-bond acceptors (Lipinski definition) is 6. The molecule has 6 nitrogen and oxygen atoms in total. The minimum absolute atomic E-state index is 0.248. The first-order valence-electron chi connectivity index (χ1n) is 8.35. The molecule has 0 saturated heterocycles. The van der Waals surface area contributed by atoms with E-state index in [-0.39, 0.29) is 5.95 Å². The summed E-state index contributed by atoms with van der Waals surface area (Å²) in [6.45, 7) is 3.58. The van der Waals surface area contributed by atoms with Crippen molar-refractivity contribution in [1.29, 1.82) is 0 Å². The average molecular weight is 330 g/mol. The molecule has 2 rings (SSSR count). The lowest BCUT2D eigenvalue weighted by atomic mass is 10.1. The summed E-state index contributed by atoms with van der Waals surface area (Å²) in [5.41, 5.74) is 6.89. The van der Waals surface area contributed by atoms with Gasteiger partial charge in [-0.25, -0.2) is 4.98 Å². The van der Waals surface area contributed by atoms with Gasteiger partial charge >= 0.3 is 0 Å². The van der Waals surface area contributed by atoms with Crippen LogP contribution in [0, 0.1) is 0 Å². The van der Waals surface area contributed by atoms with E-state index in [1.807, 2.05) is 18.2 Å². The molecule has 1 aromatic heterocycles. The van der Waals surface area contributed by atoms with Crippen LogP contribution in [0.2, 0.25) is 0 Å². The number of methoxy groups -OCH3 is 1. The van der Waals surface area contributed by atoms with E-state index in [1.54, 1.807) is 13.3 Å². The second-order valence-corrected chi connectivity index (χ2v) is 5.52. The molecule has 130 valence electrons. The zero-order valence-corrected chi connectivity index (χ0v) is 14.4.